The lowest BCUT2D eigenvalue weighted by Gasteiger charge is -2.11. The number of nitrogens with zero attached hydrogens (tertiary/aromatic N) is 3. The van der Waals surface area contributed by atoms with Crippen LogP contribution in [0.15, 0.2) is 72.9 Å². The number of hydrogen-bond acceptors (Lipinski definition) is 2. The predicted molar refractivity (Wildman–Crippen MR) is 121 cm³/mol. The van der Waals surface area contributed by atoms with Gasteiger partial charge in [0, 0.05) is 16.3 Å². The van der Waals surface area contributed by atoms with Crippen molar-refractivity contribution in [1.82, 2.24) is 14.6 Å². The SMILES string of the molecule is CCCCCCc1cnn2c(-c3ccccc3)cc3nc4ccccc4cc3c12. The maximum Gasteiger partial charge on any atom is 0.0795 e. The molecule has 5 aromatic rings. The van der Waals surface area contributed by atoms with Crippen molar-refractivity contribution < 1.29 is 0 Å². The molecule has 0 saturated carbocycles. The molecule has 0 spiro atoms. The first-order valence-electron chi connectivity index (χ1n) is 10.6. The molecule has 0 radical (unpaired) electrons. The number of para-hydroxylation sites is 1. The molecule has 0 bridgehead atoms. The second-order valence-electron chi connectivity index (χ2n) is 7.75. The fourth-order valence-corrected chi connectivity index (χ4v) is 4.21. The van der Waals surface area contributed by atoms with Crippen LogP contribution in [0.25, 0.3) is 38.6 Å². The van der Waals surface area contributed by atoms with E-state index in [1.165, 1.54) is 47.5 Å². The fraction of sp³-hybridized carbons (Fsp3) is 0.231. The quantitative estimate of drug-likeness (QED) is 0.239. The van der Waals surface area contributed by atoms with E-state index in [-0.39, 0.29) is 0 Å². The molecule has 0 amide bonds. The Labute approximate surface area is 171 Å². The van der Waals surface area contributed by atoms with Gasteiger partial charge in [-0.1, -0.05) is 74.7 Å². The largest absolute Gasteiger partial charge is 0.248 e. The maximum atomic E-state index is 5.00. The minimum atomic E-state index is 1.03. The standard InChI is InChI=1S/C26H25N3/c1-2-3-4-6-14-21-18-27-29-25(19-11-7-5-8-12-19)17-24-22(26(21)29)16-20-13-9-10-15-23(20)28-24/h5,7-13,15-18H,2-4,6,14H2,1H3. The van der Waals surface area contributed by atoms with Crippen LogP contribution in [0.3, 0.4) is 0 Å². The molecular formula is C26H25N3. The minimum absolute atomic E-state index is 1.03. The van der Waals surface area contributed by atoms with Crippen LogP contribution < -0.4 is 0 Å². The number of benzene rings is 2. The molecule has 0 atom stereocenters. The number of pyridine rings is 2. The summed E-state index contributed by atoms with van der Waals surface area (Å²) >= 11 is 0. The summed E-state index contributed by atoms with van der Waals surface area (Å²) in [5, 5.41) is 7.17. The monoisotopic (exact) mass is 379 g/mol. The molecule has 0 aliphatic carbocycles. The predicted octanol–water partition coefficient (Wildman–Crippen LogP) is 6.83. The number of rotatable bonds is 6. The van der Waals surface area contributed by atoms with Gasteiger partial charge < -0.3 is 0 Å². The third-order valence-electron chi connectivity index (χ3n) is 5.72. The van der Waals surface area contributed by atoms with Crippen molar-refractivity contribution in [2.24, 2.45) is 0 Å². The van der Waals surface area contributed by atoms with E-state index >= 15 is 0 Å². The van der Waals surface area contributed by atoms with Crippen LogP contribution in [-0.2, 0) is 6.42 Å². The molecule has 0 N–H and O–H groups in total. The minimum Gasteiger partial charge on any atom is -0.248 e. The molecule has 0 aliphatic heterocycles. The molecular weight excluding hydrogens is 354 g/mol. The van der Waals surface area contributed by atoms with Crippen molar-refractivity contribution in [2.45, 2.75) is 39.0 Å². The van der Waals surface area contributed by atoms with Gasteiger partial charge in [-0.15, -0.1) is 0 Å². The summed E-state index contributed by atoms with van der Waals surface area (Å²) < 4.78 is 2.11. The normalized spacial score (nSPS) is 11.6. The average Bonchev–Trinajstić information content (AvgIpc) is 3.20. The summed E-state index contributed by atoms with van der Waals surface area (Å²) in [5.41, 5.74) is 6.85. The van der Waals surface area contributed by atoms with Gasteiger partial charge in [0.05, 0.1) is 28.4 Å². The fourth-order valence-electron chi connectivity index (χ4n) is 4.21. The van der Waals surface area contributed by atoms with Gasteiger partial charge in [-0.05, 0) is 36.6 Å². The van der Waals surface area contributed by atoms with Crippen LogP contribution in [-0.4, -0.2) is 14.6 Å². The van der Waals surface area contributed by atoms with E-state index in [2.05, 4.69) is 84.4 Å². The molecule has 29 heavy (non-hydrogen) atoms. The van der Waals surface area contributed by atoms with Crippen molar-refractivity contribution >= 4 is 27.3 Å². The molecule has 0 saturated heterocycles. The van der Waals surface area contributed by atoms with Crippen molar-refractivity contribution in [1.29, 1.82) is 0 Å². The highest BCUT2D eigenvalue weighted by molar-refractivity contribution is 6.03. The Balaban J connectivity index is 1.76. The van der Waals surface area contributed by atoms with Crippen LogP contribution >= 0.6 is 0 Å². The van der Waals surface area contributed by atoms with E-state index in [1.54, 1.807) is 0 Å². The molecule has 2 aromatic carbocycles. The molecule has 0 aliphatic rings. The average molecular weight is 380 g/mol. The first-order valence-corrected chi connectivity index (χ1v) is 10.6. The van der Waals surface area contributed by atoms with Crippen molar-refractivity contribution in [3.63, 3.8) is 0 Å². The number of unbranched alkanes of at least 4 members (excludes halogenated alkanes) is 3. The van der Waals surface area contributed by atoms with Crippen LogP contribution in [0.5, 0.6) is 0 Å². The van der Waals surface area contributed by atoms with Crippen LogP contribution in [0.2, 0.25) is 0 Å². The number of fused-ring (bicyclic) bond motifs is 4. The zero-order valence-corrected chi connectivity index (χ0v) is 16.8. The molecule has 144 valence electrons. The lowest BCUT2D eigenvalue weighted by atomic mass is 10.0. The zero-order valence-electron chi connectivity index (χ0n) is 16.8. The molecule has 0 fully saturated rings. The van der Waals surface area contributed by atoms with Gasteiger partial charge in [-0.25, -0.2) is 9.50 Å². The molecule has 5 rings (SSSR count). The molecule has 3 heteroatoms. The summed E-state index contributed by atoms with van der Waals surface area (Å²) in [6.07, 6.45) is 8.14. The van der Waals surface area contributed by atoms with E-state index in [4.69, 9.17) is 10.1 Å². The molecule has 3 aromatic heterocycles. The van der Waals surface area contributed by atoms with Crippen molar-refractivity contribution in [3.05, 3.63) is 78.5 Å². The van der Waals surface area contributed by atoms with Crippen molar-refractivity contribution in [3.8, 4) is 11.3 Å². The first kappa shape index (κ1) is 17.9. The summed E-state index contributed by atoms with van der Waals surface area (Å²) in [7, 11) is 0. The highest BCUT2D eigenvalue weighted by atomic mass is 15.2. The van der Waals surface area contributed by atoms with E-state index in [0.717, 1.165) is 28.7 Å². The summed E-state index contributed by atoms with van der Waals surface area (Å²) in [6, 6.07) is 23.3. The lowest BCUT2D eigenvalue weighted by Crippen LogP contribution is -1.97. The van der Waals surface area contributed by atoms with Gasteiger partial charge in [0.25, 0.3) is 0 Å². The summed E-state index contributed by atoms with van der Waals surface area (Å²) in [4.78, 5) is 5.00. The van der Waals surface area contributed by atoms with Gasteiger partial charge in [-0.3, -0.25) is 0 Å². The summed E-state index contributed by atoms with van der Waals surface area (Å²) in [6.45, 7) is 2.26. The van der Waals surface area contributed by atoms with Gasteiger partial charge in [0.15, 0.2) is 0 Å². The first-order chi connectivity index (χ1) is 14.3. The molecule has 0 unspecified atom stereocenters. The Morgan fingerprint density at radius 1 is 0.828 bits per heavy atom. The van der Waals surface area contributed by atoms with Crippen molar-refractivity contribution in [2.75, 3.05) is 0 Å². The Morgan fingerprint density at radius 2 is 1.66 bits per heavy atom. The third kappa shape index (κ3) is 3.27. The topological polar surface area (TPSA) is 30.2 Å². The third-order valence-corrected chi connectivity index (χ3v) is 5.72. The highest BCUT2D eigenvalue weighted by Gasteiger charge is 2.15. The Hall–Kier alpha value is -3.20. The Bertz CT molecular complexity index is 1290. The Morgan fingerprint density at radius 3 is 2.52 bits per heavy atom. The van der Waals surface area contributed by atoms with E-state index < -0.39 is 0 Å². The maximum absolute atomic E-state index is 5.00. The summed E-state index contributed by atoms with van der Waals surface area (Å²) in [5.74, 6) is 0. The van der Waals surface area contributed by atoms with Crippen LogP contribution in [0.4, 0.5) is 0 Å². The number of hydrogen-bond donors (Lipinski definition) is 0. The van der Waals surface area contributed by atoms with E-state index in [0.29, 0.717) is 0 Å². The zero-order chi connectivity index (χ0) is 19.6. The van der Waals surface area contributed by atoms with Gasteiger partial charge in [-0.2, -0.15) is 5.10 Å². The number of aromatic nitrogens is 3. The van der Waals surface area contributed by atoms with Crippen LogP contribution in [0, 0.1) is 0 Å². The van der Waals surface area contributed by atoms with Gasteiger partial charge in [0.1, 0.15) is 0 Å². The van der Waals surface area contributed by atoms with Gasteiger partial charge >= 0.3 is 0 Å². The van der Waals surface area contributed by atoms with E-state index in [9.17, 15) is 0 Å². The number of aryl methyl sites for hydroxylation is 1. The molecule has 3 nitrogen and oxygen atoms in total. The Kier molecular flexibility index (Phi) is 4.73. The highest BCUT2D eigenvalue weighted by Crippen LogP contribution is 2.32. The van der Waals surface area contributed by atoms with E-state index in [1.807, 2.05) is 0 Å². The second kappa shape index (κ2) is 7.67. The second-order valence-corrected chi connectivity index (χ2v) is 7.75. The smallest absolute Gasteiger partial charge is 0.0795 e. The molecule has 3 heterocycles. The van der Waals surface area contributed by atoms with Gasteiger partial charge in [0.2, 0.25) is 0 Å². The van der Waals surface area contributed by atoms with Crippen LogP contribution in [0.1, 0.15) is 38.2 Å². The lowest BCUT2D eigenvalue weighted by molar-refractivity contribution is 0.668.